The summed E-state index contributed by atoms with van der Waals surface area (Å²) in [5.74, 6) is 0. The lowest BCUT2D eigenvalue weighted by atomic mass is 10.1. The number of aromatic nitrogens is 1. The summed E-state index contributed by atoms with van der Waals surface area (Å²) in [7, 11) is 0. The summed E-state index contributed by atoms with van der Waals surface area (Å²) in [6.07, 6.45) is -4.41. The fourth-order valence-corrected chi connectivity index (χ4v) is 2.64. The Morgan fingerprint density at radius 2 is 1.36 bits per heavy atom. The fraction of sp³-hybridized carbons (Fsp3) is 0.111. The minimum atomic E-state index is -4.41. The van der Waals surface area contributed by atoms with Crippen LogP contribution in [0.2, 0.25) is 0 Å². The molecule has 0 amide bonds. The van der Waals surface area contributed by atoms with E-state index < -0.39 is 11.9 Å². The number of benzene rings is 2. The Kier molecular flexibility index (Phi) is 3.53. The molecule has 2 aromatic carbocycles. The Morgan fingerprint density at radius 1 is 0.818 bits per heavy atom. The fourth-order valence-electron chi connectivity index (χ4n) is 2.64. The second-order valence-electron chi connectivity index (χ2n) is 5.10. The molecule has 0 aliphatic heterocycles. The first kappa shape index (κ1) is 14.4. The molecule has 4 heteroatoms. The van der Waals surface area contributed by atoms with Gasteiger partial charge in [-0.05, 0) is 36.2 Å². The van der Waals surface area contributed by atoms with E-state index in [0.717, 1.165) is 5.56 Å². The van der Waals surface area contributed by atoms with Gasteiger partial charge in [-0.3, -0.25) is 0 Å². The smallest absolute Gasteiger partial charge is 0.305 e. The molecule has 1 aromatic heterocycles. The van der Waals surface area contributed by atoms with Crippen molar-refractivity contribution >= 4 is 0 Å². The van der Waals surface area contributed by atoms with Gasteiger partial charge in [0.25, 0.3) is 0 Å². The molecule has 1 nitrogen and oxygen atoms in total. The third kappa shape index (κ3) is 2.52. The van der Waals surface area contributed by atoms with Crippen LogP contribution in [0.5, 0.6) is 0 Å². The lowest BCUT2D eigenvalue weighted by molar-refractivity contribution is -0.142. The molecule has 112 valence electrons. The highest BCUT2D eigenvalue weighted by molar-refractivity contribution is 5.68. The summed E-state index contributed by atoms with van der Waals surface area (Å²) in [6, 6.07) is 19.0. The van der Waals surface area contributed by atoms with Gasteiger partial charge in [-0.1, -0.05) is 48.5 Å². The topological polar surface area (TPSA) is 4.93 Å². The van der Waals surface area contributed by atoms with Crippen molar-refractivity contribution in [3.8, 4) is 16.9 Å². The van der Waals surface area contributed by atoms with Crippen molar-refractivity contribution < 1.29 is 13.2 Å². The van der Waals surface area contributed by atoms with E-state index in [1.54, 1.807) is 37.3 Å². The van der Waals surface area contributed by atoms with Crippen LogP contribution < -0.4 is 0 Å². The minimum absolute atomic E-state index is 0.502. The number of nitrogens with zero attached hydrogens (tertiary/aromatic N) is 1. The number of para-hydroxylation sites is 1. The van der Waals surface area contributed by atoms with Gasteiger partial charge in [-0.15, -0.1) is 0 Å². The van der Waals surface area contributed by atoms with Gasteiger partial charge in [0.2, 0.25) is 0 Å². The van der Waals surface area contributed by atoms with Crippen LogP contribution in [-0.4, -0.2) is 4.57 Å². The Morgan fingerprint density at radius 3 is 1.91 bits per heavy atom. The van der Waals surface area contributed by atoms with E-state index in [-0.39, 0.29) is 0 Å². The molecule has 0 fully saturated rings. The first-order valence-electron chi connectivity index (χ1n) is 6.89. The highest BCUT2D eigenvalue weighted by Gasteiger charge is 2.36. The first-order valence-corrected chi connectivity index (χ1v) is 6.89. The third-order valence-electron chi connectivity index (χ3n) is 3.54. The van der Waals surface area contributed by atoms with E-state index in [2.05, 4.69) is 0 Å². The minimum Gasteiger partial charge on any atom is -0.305 e. The summed E-state index contributed by atoms with van der Waals surface area (Å²) in [6.45, 7) is 1.71. The van der Waals surface area contributed by atoms with Crippen molar-refractivity contribution in [3.63, 3.8) is 0 Å². The van der Waals surface area contributed by atoms with Crippen LogP contribution in [0.3, 0.4) is 0 Å². The Bertz CT molecular complexity index is 771. The molecule has 0 aliphatic carbocycles. The van der Waals surface area contributed by atoms with Gasteiger partial charge in [0, 0.05) is 5.69 Å². The molecule has 3 aromatic rings. The standard InChI is InChI=1S/C18H14F3N/c1-13-12-16(18(19,20)21)22(15-10-6-3-7-11-15)17(13)14-8-4-2-5-9-14/h2-12H,1H3. The molecule has 0 spiro atoms. The highest BCUT2D eigenvalue weighted by Crippen LogP contribution is 2.38. The van der Waals surface area contributed by atoms with Crippen molar-refractivity contribution in [2.45, 2.75) is 13.1 Å². The zero-order chi connectivity index (χ0) is 15.7. The maximum absolute atomic E-state index is 13.4. The normalized spacial score (nSPS) is 11.6. The van der Waals surface area contributed by atoms with E-state index in [1.807, 2.05) is 30.3 Å². The summed E-state index contributed by atoms with van der Waals surface area (Å²) in [5, 5.41) is 0. The van der Waals surface area contributed by atoms with Crippen LogP contribution in [-0.2, 0) is 6.18 Å². The van der Waals surface area contributed by atoms with E-state index >= 15 is 0 Å². The van der Waals surface area contributed by atoms with Gasteiger partial charge < -0.3 is 4.57 Å². The molecular formula is C18H14F3N. The van der Waals surface area contributed by atoms with Crippen molar-refractivity contribution in [1.29, 1.82) is 0 Å². The largest absolute Gasteiger partial charge is 0.431 e. The summed E-state index contributed by atoms with van der Waals surface area (Å²) in [5.41, 5.74) is 1.78. The van der Waals surface area contributed by atoms with Gasteiger partial charge >= 0.3 is 6.18 Å². The zero-order valence-corrected chi connectivity index (χ0v) is 11.9. The quantitative estimate of drug-likeness (QED) is 0.591. The van der Waals surface area contributed by atoms with Gasteiger partial charge in [0.15, 0.2) is 0 Å². The van der Waals surface area contributed by atoms with Gasteiger partial charge in [0.05, 0.1) is 5.69 Å². The Balaban J connectivity index is 2.33. The average molecular weight is 301 g/mol. The maximum Gasteiger partial charge on any atom is 0.431 e. The molecule has 3 rings (SSSR count). The Labute approximate surface area is 126 Å². The molecule has 0 bridgehead atoms. The highest BCUT2D eigenvalue weighted by atomic mass is 19.4. The van der Waals surface area contributed by atoms with Gasteiger partial charge in [-0.2, -0.15) is 13.2 Å². The number of halogens is 3. The summed E-state index contributed by atoms with van der Waals surface area (Å²) >= 11 is 0. The summed E-state index contributed by atoms with van der Waals surface area (Å²) in [4.78, 5) is 0. The number of hydrogen-bond acceptors (Lipinski definition) is 0. The van der Waals surface area contributed by atoms with Gasteiger partial charge in [0.1, 0.15) is 5.69 Å². The molecule has 22 heavy (non-hydrogen) atoms. The molecule has 0 aliphatic rings. The van der Waals surface area contributed by atoms with Crippen LogP contribution in [0.4, 0.5) is 13.2 Å². The molecule has 1 heterocycles. The zero-order valence-electron chi connectivity index (χ0n) is 11.9. The van der Waals surface area contributed by atoms with Crippen molar-refractivity contribution in [3.05, 3.63) is 78.0 Å². The monoisotopic (exact) mass is 301 g/mol. The number of aryl methyl sites for hydroxylation is 1. The molecule has 0 saturated carbocycles. The maximum atomic E-state index is 13.4. The van der Waals surface area contributed by atoms with E-state index in [1.165, 1.54) is 10.6 Å². The number of hydrogen-bond donors (Lipinski definition) is 0. The molecule has 0 saturated heterocycles. The van der Waals surface area contributed by atoms with Crippen LogP contribution >= 0.6 is 0 Å². The third-order valence-corrected chi connectivity index (χ3v) is 3.54. The molecule has 0 radical (unpaired) electrons. The van der Waals surface area contributed by atoms with Crippen molar-refractivity contribution in [2.24, 2.45) is 0 Å². The lowest BCUT2D eigenvalue weighted by Crippen LogP contribution is -2.12. The second kappa shape index (κ2) is 5.37. The van der Waals surface area contributed by atoms with Crippen LogP contribution in [0.25, 0.3) is 16.9 Å². The van der Waals surface area contributed by atoms with Crippen molar-refractivity contribution in [2.75, 3.05) is 0 Å². The number of rotatable bonds is 2. The van der Waals surface area contributed by atoms with Crippen LogP contribution in [0.15, 0.2) is 66.7 Å². The summed E-state index contributed by atoms with van der Waals surface area (Å²) < 4.78 is 41.5. The second-order valence-corrected chi connectivity index (χ2v) is 5.10. The first-order chi connectivity index (χ1) is 10.5. The number of alkyl halides is 3. The lowest BCUT2D eigenvalue weighted by Gasteiger charge is -2.16. The Hall–Kier alpha value is -2.49. The molecular weight excluding hydrogens is 287 g/mol. The van der Waals surface area contributed by atoms with E-state index in [4.69, 9.17) is 0 Å². The van der Waals surface area contributed by atoms with E-state index in [0.29, 0.717) is 16.9 Å². The van der Waals surface area contributed by atoms with Crippen molar-refractivity contribution in [1.82, 2.24) is 4.57 Å². The van der Waals surface area contributed by atoms with Gasteiger partial charge in [-0.25, -0.2) is 0 Å². The van der Waals surface area contributed by atoms with Crippen LogP contribution in [0.1, 0.15) is 11.3 Å². The van der Waals surface area contributed by atoms with E-state index in [9.17, 15) is 13.2 Å². The molecule has 0 N–H and O–H groups in total. The predicted molar refractivity (Wildman–Crippen MR) is 80.9 cm³/mol. The molecule has 0 atom stereocenters. The SMILES string of the molecule is Cc1cc(C(F)(F)F)n(-c2ccccc2)c1-c1ccccc1. The average Bonchev–Trinajstić information content (AvgIpc) is 2.87. The molecule has 0 unspecified atom stereocenters. The van der Waals surface area contributed by atoms with Crippen LogP contribution in [0, 0.1) is 6.92 Å². The predicted octanol–water partition coefficient (Wildman–Crippen LogP) is 5.47.